The molecule has 3 rings (SSSR count). The monoisotopic (exact) mass is 587 g/mol. The molecule has 0 fully saturated rings. The van der Waals surface area contributed by atoms with Crippen molar-refractivity contribution >= 4 is 40.8 Å². The summed E-state index contributed by atoms with van der Waals surface area (Å²) >= 11 is 5.59. The summed E-state index contributed by atoms with van der Waals surface area (Å²) in [6.45, 7) is 2.07. The lowest BCUT2D eigenvalue weighted by molar-refractivity contribution is -0.137. The van der Waals surface area contributed by atoms with Crippen LogP contribution in [0, 0.1) is 11.8 Å². The summed E-state index contributed by atoms with van der Waals surface area (Å²) in [4.78, 5) is 40.3. The highest BCUT2D eigenvalue weighted by Crippen LogP contribution is 2.36. The van der Waals surface area contributed by atoms with Crippen molar-refractivity contribution in [3.63, 3.8) is 0 Å². The Morgan fingerprint density at radius 1 is 0.927 bits per heavy atom. The second-order valence-corrected chi connectivity index (χ2v) is 8.85. The Balaban J connectivity index is 1.52. The Labute approximate surface area is 238 Å². The first-order valence-electron chi connectivity index (χ1n) is 12.3. The van der Waals surface area contributed by atoms with E-state index in [4.69, 9.17) is 16.3 Å². The van der Waals surface area contributed by atoms with E-state index in [1.54, 1.807) is 0 Å². The number of carbonyl (C=O) groups is 3. The number of urea groups is 1. The molecule has 0 unspecified atom stereocenters. The van der Waals surface area contributed by atoms with Crippen LogP contribution in [0.15, 0.2) is 60.8 Å². The third kappa shape index (κ3) is 10.1. The molecular weight excluding hydrogens is 563 g/mol. The number of anilines is 2. The smallest absolute Gasteiger partial charge is 0.417 e. The van der Waals surface area contributed by atoms with Crippen molar-refractivity contribution in [3.8, 4) is 23.3 Å². The maximum Gasteiger partial charge on any atom is 0.417 e. The van der Waals surface area contributed by atoms with Gasteiger partial charge < -0.3 is 15.4 Å². The number of amides is 4. The van der Waals surface area contributed by atoms with Crippen LogP contribution in [0.2, 0.25) is 5.02 Å². The fourth-order valence-electron chi connectivity index (χ4n) is 3.27. The van der Waals surface area contributed by atoms with Gasteiger partial charge in [0.1, 0.15) is 17.2 Å². The normalized spacial score (nSPS) is 10.6. The molecule has 41 heavy (non-hydrogen) atoms. The molecule has 0 saturated carbocycles. The summed E-state index contributed by atoms with van der Waals surface area (Å²) in [5.41, 5.74) is 3.58. The quantitative estimate of drug-likeness (QED) is 0.136. The molecule has 0 radical (unpaired) electrons. The number of nitrogens with one attached hydrogen (secondary N) is 4. The first-order chi connectivity index (χ1) is 19.5. The van der Waals surface area contributed by atoms with Crippen molar-refractivity contribution in [2.24, 2.45) is 0 Å². The molecule has 214 valence electrons. The van der Waals surface area contributed by atoms with Crippen molar-refractivity contribution in [2.75, 3.05) is 10.6 Å². The van der Waals surface area contributed by atoms with E-state index in [2.05, 4.69) is 45.2 Å². The number of alkyl halides is 3. The molecule has 0 aliphatic rings. The maximum absolute atomic E-state index is 13.0. The molecule has 1 heterocycles. The molecule has 2 aromatic carbocycles. The van der Waals surface area contributed by atoms with E-state index in [-0.39, 0.29) is 17.1 Å². The van der Waals surface area contributed by atoms with E-state index in [1.165, 1.54) is 48.7 Å². The Bertz CT molecular complexity index is 1450. The molecule has 9 nitrogen and oxygen atoms in total. The topological polar surface area (TPSA) is 121 Å². The zero-order valence-electron chi connectivity index (χ0n) is 21.7. The van der Waals surface area contributed by atoms with Crippen LogP contribution in [0.25, 0.3) is 0 Å². The van der Waals surface area contributed by atoms with E-state index in [0.29, 0.717) is 17.9 Å². The average molecular weight is 588 g/mol. The molecule has 0 spiro atoms. The van der Waals surface area contributed by atoms with Crippen molar-refractivity contribution in [1.82, 2.24) is 15.8 Å². The van der Waals surface area contributed by atoms with Crippen LogP contribution >= 0.6 is 11.6 Å². The summed E-state index contributed by atoms with van der Waals surface area (Å²) in [6, 6.07) is 11.2. The van der Waals surface area contributed by atoms with Crippen molar-refractivity contribution in [3.05, 3.63) is 77.1 Å². The first-order valence-corrected chi connectivity index (χ1v) is 12.7. The number of hydrogen-bond acceptors (Lipinski definition) is 5. The second kappa shape index (κ2) is 14.6. The number of unbranched alkanes of at least 4 members (excludes halogenated alkanes) is 3. The minimum Gasteiger partial charge on any atom is -0.457 e. The van der Waals surface area contributed by atoms with Gasteiger partial charge in [-0.05, 0) is 60.9 Å². The van der Waals surface area contributed by atoms with Gasteiger partial charge in [0.2, 0.25) is 0 Å². The number of ether oxygens (including phenoxy) is 1. The molecule has 0 saturated heterocycles. The van der Waals surface area contributed by atoms with Crippen LogP contribution in [0.4, 0.5) is 29.3 Å². The number of hydrazine groups is 1. The number of hydrogen-bond donors (Lipinski definition) is 4. The van der Waals surface area contributed by atoms with Gasteiger partial charge in [-0.1, -0.05) is 37.3 Å². The van der Waals surface area contributed by atoms with Crippen molar-refractivity contribution in [2.45, 2.75) is 38.8 Å². The fraction of sp³-hybridized carbons (Fsp3) is 0.214. The lowest BCUT2D eigenvalue weighted by atomic mass is 10.2. The van der Waals surface area contributed by atoms with Crippen LogP contribution in [-0.4, -0.2) is 22.8 Å². The second-order valence-electron chi connectivity index (χ2n) is 8.44. The molecule has 0 atom stereocenters. The number of rotatable bonds is 8. The minimum absolute atomic E-state index is 0.0236. The lowest BCUT2D eigenvalue weighted by Gasteiger charge is -2.12. The van der Waals surface area contributed by atoms with E-state index in [0.717, 1.165) is 31.4 Å². The molecule has 0 aliphatic carbocycles. The Hall–Kier alpha value is -4.76. The number of aromatic nitrogens is 1. The number of carbonyl (C=O) groups excluding carboxylic acids is 3. The zero-order chi connectivity index (χ0) is 29.8. The van der Waals surface area contributed by atoms with Crippen LogP contribution in [0.1, 0.15) is 48.7 Å². The van der Waals surface area contributed by atoms with Gasteiger partial charge in [0, 0.05) is 30.1 Å². The molecule has 4 N–H and O–H groups in total. The highest BCUT2D eigenvalue weighted by molar-refractivity contribution is 6.31. The Morgan fingerprint density at radius 2 is 1.63 bits per heavy atom. The summed E-state index contributed by atoms with van der Waals surface area (Å²) in [5.74, 6) is 4.43. The van der Waals surface area contributed by atoms with E-state index in [1.807, 2.05) is 0 Å². The van der Waals surface area contributed by atoms with Gasteiger partial charge >= 0.3 is 18.1 Å². The lowest BCUT2D eigenvalue weighted by Crippen LogP contribution is -2.41. The molecule has 0 aliphatic heterocycles. The number of halogens is 4. The predicted molar refractivity (Wildman–Crippen MR) is 147 cm³/mol. The molecule has 13 heteroatoms. The molecule has 1 aromatic heterocycles. The van der Waals surface area contributed by atoms with Crippen LogP contribution < -0.4 is 26.2 Å². The third-order valence-electron chi connectivity index (χ3n) is 5.24. The predicted octanol–water partition coefficient (Wildman–Crippen LogP) is 6.53. The average Bonchev–Trinajstić information content (AvgIpc) is 2.93. The standard InChI is InChI=1S/C28H25ClF3N5O4/c1-2-3-4-5-6-7-25(38)36-37-26(39)24-17-21(14-15-33-24)41-20-11-8-18(9-12-20)34-27(40)35-19-10-13-23(29)22(16-19)28(30,31)32/h8-17H,2-5H2,1H3,(H,36,38)(H,37,39)(H2,34,35,40). The SMILES string of the molecule is CCCCCC#CC(=O)NNC(=O)c1cc(Oc2ccc(NC(=O)Nc3ccc(Cl)c(C(F)(F)F)c3)cc2)ccn1. The van der Waals surface area contributed by atoms with Crippen LogP contribution in [0.3, 0.4) is 0 Å². The van der Waals surface area contributed by atoms with Gasteiger partial charge in [-0.2, -0.15) is 13.2 Å². The van der Waals surface area contributed by atoms with Gasteiger partial charge in [0.25, 0.3) is 5.91 Å². The van der Waals surface area contributed by atoms with Crippen molar-refractivity contribution < 1.29 is 32.3 Å². The highest BCUT2D eigenvalue weighted by atomic mass is 35.5. The fourth-order valence-corrected chi connectivity index (χ4v) is 3.49. The van der Waals surface area contributed by atoms with Gasteiger partial charge in [0.05, 0.1) is 10.6 Å². The van der Waals surface area contributed by atoms with Gasteiger partial charge in [-0.3, -0.25) is 25.4 Å². The van der Waals surface area contributed by atoms with E-state index < -0.39 is 34.6 Å². The van der Waals surface area contributed by atoms with Gasteiger partial charge in [-0.25, -0.2) is 4.79 Å². The Morgan fingerprint density at radius 3 is 2.34 bits per heavy atom. The molecular formula is C28H25ClF3N5O4. The number of pyridine rings is 1. The summed E-state index contributed by atoms with van der Waals surface area (Å²) in [6.07, 6.45) is 0.244. The minimum atomic E-state index is -4.67. The van der Waals surface area contributed by atoms with Crippen LogP contribution in [0.5, 0.6) is 11.5 Å². The largest absolute Gasteiger partial charge is 0.457 e. The third-order valence-corrected chi connectivity index (χ3v) is 5.57. The zero-order valence-corrected chi connectivity index (χ0v) is 22.4. The Kier molecular flexibility index (Phi) is 10.9. The summed E-state index contributed by atoms with van der Waals surface area (Å²) < 4.78 is 44.8. The highest BCUT2D eigenvalue weighted by Gasteiger charge is 2.33. The van der Waals surface area contributed by atoms with E-state index in [9.17, 15) is 27.6 Å². The maximum atomic E-state index is 13.0. The molecule has 4 amide bonds. The molecule has 0 bridgehead atoms. The van der Waals surface area contributed by atoms with Gasteiger partial charge in [0.15, 0.2) is 0 Å². The van der Waals surface area contributed by atoms with Gasteiger partial charge in [-0.15, -0.1) is 0 Å². The molecule has 3 aromatic rings. The summed E-state index contributed by atoms with van der Waals surface area (Å²) in [5, 5.41) is 4.33. The number of benzene rings is 2. The number of nitrogens with zero attached hydrogens (tertiary/aromatic N) is 1. The summed E-state index contributed by atoms with van der Waals surface area (Å²) in [7, 11) is 0. The van der Waals surface area contributed by atoms with Crippen molar-refractivity contribution in [1.29, 1.82) is 0 Å². The van der Waals surface area contributed by atoms with Crippen LogP contribution in [-0.2, 0) is 11.0 Å². The van der Waals surface area contributed by atoms with E-state index >= 15 is 0 Å². The first kappa shape index (κ1) is 30.8.